The molecule has 0 saturated heterocycles. The second-order valence-corrected chi connectivity index (χ2v) is 4.91. The Morgan fingerprint density at radius 1 is 1.19 bits per heavy atom. The lowest BCUT2D eigenvalue weighted by Crippen LogP contribution is -2.19. The molecule has 0 radical (unpaired) electrons. The molecule has 3 N–H and O–H groups in total. The molecule has 2 aromatic heterocycles. The average Bonchev–Trinajstić information content (AvgIpc) is 2.98. The first-order valence-electron chi connectivity index (χ1n) is 6.77. The summed E-state index contributed by atoms with van der Waals surface area (Å²) < 4.78 is 11.0. The van der Waals surface area contributed by atoms with E-state index in [1.165, 1.54) is 0 Å². The van der Waals surface area contributed by atoms with Crippen LogP contribution in [0.15, 0.2) is 34.9 Å². The van der Waals surface area contributed by atoms with Crippen LogP contribution in [0.3, 0.4) is 0 Å². The molecule has 0 amide bonds. The Morgan fingerprint density at radius 2 is 2.10 bits per heavy atom. The number of nitrogens with zero attached hydrogens (tertiary/aromatic N) is 2. The first kappa shape index (κ1) is 12.3. The lowest BCUT2D eigenvalue weighted by molar-refractivity contribution is 0.109. The number of ether oxygens (including phenoxy) is 1. The minimum Gasteiger partial charge on any atom is -0.464 e. The van der Waals surface area contributed by atoms with Crippen LogP contribution in [-0.2, 0) is 17.8 Å². The highest BCUT2D eigenvalue weighted by molar-refractivity contribution is 5.92. The number of furan rings is 1. The molecule has 3 heterocycles. The molecule has 0 unspecified atom stereocenters. The van der Waals surface area contributed by atoms with Crippen LogP contribution in [0.1, 0.15) is 11.3 Å². The summed E-state index contributed by atoms with van der Waals surface area (Å²) in [4.78, 5) is 9.18. The normalized spacial score (nSPS) is 14.1. The van der Waals surface area contributed by atoms with Gasteiger partial charge in [0.1, 0.15) is 17.7 Å². The first-order valence-corrected chi connectivity index (χ1v) is 6.77. The topological polar surface area (TPSA) is 86.2 Å². The Balaban J connectivity index is 1.92. The number of nitrogens with one attached hydrogen (secondary N) is 1. The number of rotatable bonds is 2. The molecular formula is C15H14N4O2. The van der Waals surface area contributed by atoms with E-state index >= 15 is 0 Å². The van der Waals surface area contributed by atoms with Crippen molar-refractivity contribution < 1.29 is 9.15 Å². The third kappa shape index (κ3) is 1.96. The van der Waals surface area contributed by atoms with E-state index in [9.17, 15) is 0 Å². The minimum atomic E-state index is 0.487. The summed E-state index contributed by atoms with van der Waals surface area (Å²) in [5.74, 6) is 6.82. The molecule has 0 bridgehead atoms. The van der Waals surface area contributed by atoms with Crippen LogP contribution >= 0.6 is 0 Å². The van der Waals surface area contributed by atoms with Gasteiger partial charge in [-0.2, -0.15) is 0 Å². The molecule has 0 atom stereocenters. The number of hydrogen-bond acceptors (Lipinski definition) is 6. The zero-order chi connectivity index (χ0) is 14.2. The summed E-state index contributed by atoms with van der Waals surface area (Å²) in [7, 11) is 0. The van der Waals surface area contributed by atoms with Crippen LogP contribution in [0.5, 0.6) is 0 Å². The van der Waals surface area contributed by atoms with Gasteiger partial charge >= 0.3 is 0 Å². The maximum atomic E-state index is 5.59. The Hall–Kier alpha value is -2.44. The summed E-state index contributed by atoms with van der Waals surface area (Å²) in [6.07, 6.45) is 2.45. The highest BCUT2D eigenvalue weighted by atomic mass is 16.5. The van der Waals surface area contributed by atoms with Crippen LogP contribution in [0, 0.1) is 0 Å². The predicted octanol–water partition coefficient (Wildman–Crippen LogP) is 2.25. The molecule has 0 aliphatic carbocycles. The van der Waals surface area contributed by atoms with Crippen LogP contribution in [0.2, 0.25) is 0 Å². The summed E-state index contributed by atoms with van der Waals surface area (Å²) in [6.45, 7) is 1.15. The van der Waals surface area contributed by atoms with Crippen LogP contribution in [0.4, 0.5) is 5.82 Å². The Bertz CT molecular complexity index is 795. The van der Waals surface area contributed by atoms with Gasteiger partial charge in [-0.05, 0) is 6.07 Å². The zero-order valence-corrected chi connectivity index (χ0v) is 11.3. The predicted molar refractivity (Wildman–Crippen MR) is 78.4 cm³/mol. The van der Waals surface area contributed by atoms with Crippen molar-refractivity contribution in [3.8, 4) is 11.4 Å². The van der Waals surface area contributed by atoms with Gasteiger partial charge in [0.05, 0.1) is 24.5 Å². The van der Waals surface area contributed by atoms with E-state index in [4.69, 9.17) is 15.0 Å². The summed E-state index contributed by atoms with van der Waals surface area (Å²) in [6, 6.07) is 7.83. The Labute approximate surface area is 120 Å². The van der Waals surface area contributed by atoms with Crippen molar-refractivity contribution in [2.24, 2.45) is 5.84 Å². The standard InChI is InChI=1S/C15H14N4O2/c16-19-15-11-7-20-6-5-12(11)17-14(18-15)10-8-21-13-4-2-1-3-9(10)13/h1-4,8H,5-7,16H2,(H,17,18,19). The molecule has 21 heavy (non-hydrogen) atoms. The van der Waals surface area contributed by atoms with E-state index < -0.39 is 0 Å². The molecule has 1 aromatic carbocycles. The smallest absolute Gasteiger partial charge is 0.165 e. The van der Waals surface area contributed by atoms with Crippen LogP contribution in [-0.4, -0.2) is 16.6 Å². The fourth-order valence-electron chi connectivity index (χ4n) is 2.62. The summed E-state index contributed by atoms with van der Waals surface area (Å²) >= 11 is 0. The quantitative estimate of drug-likeness (QED) is 0.554. The van der Waals surface area contributed by atoms with Crippen LogP contribution in [0.25, 0.3) is 22.4 Å². The molecule has 6 nitrogen and oxygen atoms in total. The maximum absolute atomic E-state index is 5.59. The van der Waals surface area contributed by atoms with Gasteiger partial charge in [-0.3, -0.25) is 0 Å². The van der Waals surface area contributed by atoms with Gasteiger partial charge in [0.15, 0.2) is 5.82 Å². The van der Waals surface area contributed by atoms with E-state index in [0.29, 0.717) is 24.9 Å². The summed E-state index contributed by atoms with van der Waals surface area (Å²) in [5, 5.41) is 0.993. The van der Waals surface area contributed by atoms with Crippen molar-refractivity contribution in [1.29, 1.82) is 0 Å². The molecule has 6 heteroatoms. The number of nitrogens with two attached hydrogens (primary N) is 1. The number of anilines is 1. The second kappa shape index (κ2) is 4.83. The highest BCUT2D eigenvalue weighted by Crippen LogP contribution is 2.31. The van der Waals surface area contributed by atoms with Gasteiger partial charge in [0.25, 0.3) is 0 Å². The monoisotopic (exact) mass is 282 g/mol. The van der Waals surface area contributed by atoms with Crippen molar-refractivity contribution in [1.82, 2.24) is 9.97 Å². The highest BCUT2D eigenvalue weighted by Gasteiger charge is 2.20. The fourth-order valence-corrected chi connectivity index (χ4v) is 2.62. The number of para-hydroxylation sites is 1. The zero-order valence-electron chi connectivity index (χ0n) is 11.3. The molecule has 106 valence electrons. The lowest BCUT2D eigenvalue weighted by atomic mass is 10.1. The van der Waals surface area contributed by atoms with E-state index in [1.54, 1.807) is 6.26 Å². The van der Waals surface area contributed by atoms with Crippen molar-refractivity contribution in [2.45, 2.75) is 13.0 Å². The van der Waals surface area contributed by atoms with Gasteiger partial charge in [-0.25, -0.2) is 15.8 Å². The molecule has 4 rings (SSSR count). The van der Waals surface area contributed by atoms with E-state index in [2.05, 4.69) is 15.4 Å². The van der Waals surface area contributed by atoms with E-state index in [-0.39, 0.29) is 0 Å². The van der Waals surface area contributed by atoms with Gasteiger partial charge < -0.3 is 14.6 Å². The van der Waals surface area contributed by atoms with E-state index in [1.807, 2.05) is 24.3 Å². The molecule has 0 spiro atoms. The molecule has 0 saturated carbocycles. The number of nitrogen functional groups attached to an aromatic ring is 1. The second-order valence-electron chi connectivity index (χ2n) is 4.91. The SMILES string of the molecule is NNc1nc(-c2coc3ccccc23)nc2c1COCC2. The van der Waals surface area contributed by atoms with E-state index in [0.717, 1.165) is 34.2 Å². The number of aromatic nitrogens is 2. The third-order valence-corrected chi connectivity index (χ3v) is 3.68. The van der Waals surface area contributed by atoms with Gasteiger partial charge in [0.2, 0.25) is 0 Å². The molecule has 1 aliphatic rings. The largest absolute Gasteiger partial charge is 0.464 e. The fraction of sp³-hybridized carbons (Fsp3) is 0.200. The maximum Gasteiger partial charge on any atom is 0.165 e. The Morgan fingerprint density at radius 3 is 3.00 bits per heavy atom. The first-order chi connectivity index (χ1) is 10.4. The summed E-state index contributed by atoms with van der Waals surface area (Å²) in [5.41, 5.74) is 6.24. The average molecular weight is 282 g/mol. The molecule has 3 aromatic rings. The number of benzene rings is 1. The van der Waals surface area contributed by atoms with Crippen LogP contribution < -0.4 is 11.3 Å². The van der Waals surface area contributed by atoms with Gasteiger partial charge in [-0.1, -0.05) is 18.2 Å². The van der Waals surface area contributed by atoms with Crippen molar-refractivity contribution in [3.63, 3.8) is 0 Å². The third-order valence-electron chi connectivity index (χ3n) is 3.68. The molecular weight excluding hydrogens is 268 g/mol. The van der Waals surface area contributed by atoms with Crippen molar-refractivity contribution >= 4 is 16.8 Å². The Kier molecular flexibility index (Phi) is 2.83. The number of hydrogen-bond donors (Lipinski definition) is 2. The van der Waals surface area contributed by atoms with Crippen molar-refractivity contribution in [3.05, 3.63) is 41.8 Å². The molecule has 1 aliphatic heterocycles. The van der Waals surface area contributed by atoms with Gasteiger partial charge in [0, 0.05) is 17.4 Å². The molecule has 0 fully saturated rings. The van der Waals surface area contributed by atoms with Crippen molar-refractivity contribution in [2.75, 3.05) is 12.0 Å². The minimum absolute atomic E-state index is 0.487. The van der Waals surface area contributed by atoms with Gasteiger partial charge in [-0.15, -0.1) is 0 Å². The number of fused-ring (bicyclic) bond motifs is 2. The number of hydrazine groups is 1. The lowest BCUT2D eigenvalue weighted by Gasteiger charge is -2.18.